The van der Waals surface area contributed by atoms with Crippen LogP contribution in [-0.4, -0.2) is 12.3 Å². The number of hydrogen-bond donors (Lipinski definition) is 1. The van der Waals surface area contributed by atoms with Crippen LogP contribution in [0.1, 0.15) is 44.7 Å². The maximum absolute atomic E-state index is 12.0. The number of Topliss-reactive ketones (excluding diaryl/α,β-unsaturated/α-hetero) is 1. The molecule has 1 rings (SSSR count). The van der Waals surface area contributed by atoms with Gasteiger partial charge in [-0.25, -0.2) is 0 Å². The Balaban J connectivity index is 2.73. The molecule has 94 valence electrons. The highest BCUT2D eigenvalue weighted by molar-refractivity contribution is 5.86. The molecular formula is C15H23NO. The molecule has 0 aliphatic heterocycles. The topological polar surface area (TPSA) is 43.1 Å². The smallest absolute Gasteiger partial charge is 0.144 e. The van der Waals surface area contributed by atoms with Crippen LogP contribution in [0.15, 0.2) is 24.3 Å². The van der Waals surface area contributed by atoms with E-state index >= 15 is 0 Å². The summed E-state index contributed by atoms with van der Waals surface area (Å²) in [6.45, 7) is 8.53. The monoisotopic (exact) mass is 233 g/mol. The summed E-state index contributed by atoms with van der Waals surface area (Å²) >= 11 is 0. The molecule has 0 atom stereocenters. The fourth-order valence-corrected chi connectivity index (χ4v) is 1.56. The highest BCUT2D eigenvalue weighted by Crippen LogP contribution is 2.19. The van der Waals surface area contributed by atoms with Crippen molar-refractivity contribution < 1.29 is 4.79 Å². The summed E-state index contributed by atoms with van der Waals surface area (Å²) in [5.41, 5.74) is 7.56. The molecule has 0 unspecified atom stereocenters. The molecule has 2 heteroatoms. The van der Waals surface area contributed by atoms with E-state index in [0.29, 0.717) is 18.9 Å². The van der Waals surface area contributed by atoms with Gasteiger partial charge in [-0.05, 0) is 17.0 Å². The third kappa shape index (κ3) is 3.67. The summed E-state index contributed by atoms with van der Waals surface area (Å²) in [5.74, 6) is 0.734. The molecule has 0 amide bonds. The Morgan fingerprint density at radius 3 is 2.18 bits per heavy atom. The first-order valence-corrected chi connectivity index (χ1v) is 6.19. The zero-order valence-corrected chi connectivity index (χ0v) is 11.3. The van der Waals surface area contributed by atoms with Gasteiger partial charge in [0.25, 0.3) is 0 Å². The van der Waals surface area contributed by atoms with E-state index in [2.05, 4.69) is 26.0 Å². The first-order chi connectivity index (χ1) is 7.86. The average Bonchev–Trinajstić information content (AvgIpc) is 2.29. The van der Waals surface area contributed by atoms with Crippen molar-refractivity contribution in [1.82, 2.24) is 0 Å². The minimum absolute atomic E-state index is 0.206. The molecule has 0 bridgehead atoms. The van der Waals surface area contributed by atoms with Gasteiger partial charge in [-0.1, -0.05) is 52.0 Å². The molecule has 1 aromatic rings. The van der Waals surface area contributed by atoms with Crippen molar-refractivity contribution in [2.24, 2.45) is 11.1 Å². The largest absolute Gasteiger partial charge is 0.329 e. The predicted octanol–water partition coefficient (Wildman–Crippen LogP) is 2.91. The van der Waals surface area contributed by atoms with Crippen molar-refractivity contribution in [2.75, 3.05) is 6.54 Å². The van der Waals surface area contributed by atoms with E-state index in [9.17, 15) is 4.79 Å². The van der Waals surface area contributed by atoms with E-state index in [1.165, 1.54) is 5.56 Å². The third-order valence-electron chi connectivity index (χ3n) is 3.28. The second-order valence-corrected chi connectivity index (χ2v) is 5.58. The Bertz CT molecular complexity index is 376. The Labute approximate surface area is 104 Å². The van der Waals surface area contributed by atoms with Crippen LogP contribution in [0.5, 0.6) is 0 Å². The van der Waals surface area contributed by atoms with Gasteiger partial charge < -0.3 is 5.73 Å². The number of ketones is 1. The summed E-state index contributed by atoms with van der Waals surface area (Å²) in [5, 5.41) is 0. The molecule has 0 aliphatic rings. The molecule has 2 nitrogen and oxygen atoms in total. The summed E-state index contributed by atoms with van der Waals surface area (Å²) in [7, 11) is 0. The van der Waals surface area contributed by atoms with Gasteiger partial charge in [0.05, 0.1) is 0 Å². The highest BCUT2D eigenvalue weighted by Gasteiger charge is 2.25. The fraction of sp³-hybridized carbons (Fsp3) is 0.533. The summed E-state index contributed by atoms with van der Waals surface area (Å²) in [6, 6.07) is 8.28. The first kappa shape index (κ1) is 13.9. The van der Waals surface area contributed by atoms with Gasteiger partial charge >= 0.3 is 0 Å². The Hall–Kier alpha value is -1.15. The highest BCUT2D eigenvalue weighted by atomic mass is 16.1. The molecule has 17 heavy (non-hydrogen) atoms. The van der Waals surface area contributed by atoms with Crippen LogP contribution < -0.4 is 5.73 Å². The van der Waals surface area contributed by atoms with Crippen LogP contribution in [0.25, 0.3) is 0 Å². The number of carbonyl (C=O) groups is 1. The molecule has 0 aromatic heterocycles. The fourth-order valence-electron chi connectivity index (χ4n) is 1.56. The van der Waals surface area contributed by atoms with Crippen molar-refractivity contribution in [1.29, 1.82) is 0 Å². The quantitative estimate of drug-likeness (QED) is 0.849. The van der Waals surface area contributed by atoms with Crippen LogP contribution in [0, 0.1) is 5.41 Å². The van der Waals surface area contributed by atoms with Crippen molar-refractivity contribution in [3.63, 3.8) is 0 Å². The van der Waals surface area contributed by atoms with Gasteiger partial charge in [-0.2, -0.15) is 0 Å². The minimum Gasteiger partial charge on any atom is -0.329 e. The van der Waals surface area contributed by atoms with Crippen LogP contribution in [0.4, 0.5) is 0 Å². The summed E-state index contributed by atoms with van der Waals surface area (Å²) < 4.78 is 0. The molecule has 0 fully saturated rings. The maximum atomic E-state index is 12.0. The van der Waals surface area contributed by atoms with Crippen molar-refractivity contribution in [2.45, 2.75) is 40.0 Å². The SMILES string of the molecule is CC(C)c1ccc(CC(=O)C(C)(C)CN)cc1. The van der Waals surface area contributed by atoms with E-state index in [0.717, 1.165) is 5.56 Å². The molecule has 0 heterocycles. The maximum Gasteiger partial charge on any atom is 0.144 e. The number of carbonyl (C=O) groups excluding carboxylic acids is 1. The molecule has 0 aliphatic carbocycles. The van der Waals surface area contributed by atoms with Gasteiger partial charge in [-0.15, -0.1) is 0 Å². The lowest BCUT2D eigenvalue weighted by Crippen LogP contribution is -2.33. The van der Waals surface area contributed by atoms with Crippen LogP contribution in [0.3, 0.4) is 0 Å². The lowest BCUT2D eigenvalue weighted by atomic mass is 9.85. The normalized spacial score (nSPS) is 11.9. The molecule has 0 radical (unpaired) electrons. The van der Waals surface area contributed by atoms with Gasteiger partial charge in [0.2, 0.25) is 0 Å². The first-order valence-electron chi connectivity index (χ1n) is 6.19. The molecule has 2 N–H and O–H groups in total. The number of rotatable bonds is 5. The van der Waals surface area contributed by atoms with Crippen LogP contribution in [0.2, 0.25) is 0 Å². The lowest BCUT2D eigenvalue weighted by Gasteiger charge is -2.20. The minimum atomic E-state index is -0.420. The zero-order valence-electron chi connectivity index (χ0n) is 11.3. The third-order valence-corrected chi connectivity index (χ3v) is 3.28. The Kier molecular flexibility index (Phi) is 4.47. The van der Waals surface area contributed by atoms with Crippen molar-refractivity contribution >= 4 is 5.78 Å². The molecule has 1 aromatic carbocycles. The van der Waals surface area contributed by atoms with Gasteiger partial charge in [-0.3, -0.25) is 4.79 Å². The van der Waals surface area contributed by atoms with Crippen molar-refractivity contribution in [3.05, 3.63) is 35.4 Å². The predicted molar refractivity (Wildman–Crippen MR) is 72.1 cm³/mol. The van der Waals surface area contributed by atoms with Crippen LogP contribution in [-0.2, 0) is 11.2 Å². The second-order valence-electron chi connectivity index (χ2n) is 5.58. The molecule has 0 saturated carbocycles. The number of nitrogens with two attached hydrogens (primary N) is 1. The van der Waals surface area contributed by atoms with Gasteiger partial charge in [0.15, 0.2) is 0 Å². The van der Waals surface area contributed by atoms with E-state index in [4.69, 9.17) is 5.73 Å². The van der Waals surface area contributed by atoms with Crippen LogP contribution >= 0.6 is 0 Å². The number of hydrogen-bond acceptors (Lipinski definition) is 2. The van der Waals surface area contributed by atoms with E-state index in [1.54, 1.807) is 0 Å². The van der Waals surface area contributed by atoms with E-state index in [1.807, 2.05) is 26.0 Å². The molecule has 0 saturated heterocycles. The second kappa shape index (κ2) is 5.46. The summed E-state index contributed by atoms with van der Waals surface area (Å²) in [4.78, 5) is 12.0. The molecular weight excluding hydrogens is 210 g/mol. The van der Waals surface area contributed by atoms with E-state index in [-0.39, 0.29) is 5.78 Å². The number of benzene rings is 1. The lowest BCUT2D eigenvalue weighted by molar-refractivity contribution is -0.125. The van der Waals surface area contributed by atoms with Gasteiger partial charge in [0.1, 0.15) is 5.78 Å². The Morgan fingerprint density at radius 2 is 1.76 bits per heavy atom. The zero-order chi connectivity index (χ0) is 13.1. The Morgan fingerprint density at radius 1 is 1.24 bits per heavy atom. The summed E-state index contributed by atoms with van der Waals surface area (Å²) in [6.07, 6.45) is 0.475. The van der Waals surface area contributed by atoms with Gasteiger partial charge in [0, 0.05) is 18.4 Å². The molecule has 0 spiro atoms. The average molecular weight is 233 g/mol. The standard InChI is InChI=1S/C15H23NO/c1-11(2)13-7-5-12(6-8-13)9-14(17)15(3,4)10-16/h5-8,11H,9-10,16H2,1-4H3. The van der Waals surface area contributed by atoms with Crippen molar-refractivity contribution in [3.8, 4) is 0 Å². The van der Waals surface area contributed by atoms with E-state index < -0.39 is 5.41 Å².